The number of nitro groups is 1. The Morgan fingerprint density at radius 3 is 2.57 bits per heavy atom. The maximum absolute atomic E-state index is 12.4. The minimum Gasteiger partial charge on any atom is -0.323 e. The lowest BCUT2D eigenvalue weighted by atomic mass is 9.98. The van der Waals surface area contributed by atoms with Crippen molar-refractivity contribution in [1.29, 1.82) is 5.26 Å². The first-order chi connectivity index (χ1) is 13.5. The number of aromatic nitrogens is 4. The smallest absolute Gasteiger partial charge is 0.269 e. The summed E-state index contributed by atoms with van der Waals surface area (Å²) in [5.41, 5.74) is 2.44. The third kappa shape index (κ3) is 2.60. The van der Waals surface area contributed by atoms with E-state index in [0.717, 1.165) is 0 Å². The predicted molar refractivity (Wildman–Crippen MR) is 101 cm³/mol. The molecule has 4 rings (SSSR count). The molecule has 4 aromatic rings. The van der Waals surface area contributed by atoms with Crippen LogP contribution in [0.1, 0.15) is 11.3 Å². The van der Waals surface area contributed by atoms with E-state index in [-0.39, 0.29) is 11.3 Å². The molecule has 0 aliphatic rings. The van der Waals surface area contributed by atoms with E-state index in [1.165, 1.54) is 24.3 Å². The van der Waals surface area contributed by atoms with Crippen LogP contribution in [-0.2, 0) is 0 Å². The third-order valence-electron chi connectivity index (χ3n) is 4.41. The number of nitriles is 1. The monoisotopic (exact) mass is 372 g/mol. The first-order valence-corrected chi connectivity index (χ1v) is 8.24. The number of hydrogen-bond acceptors (Lipinski definition) is 6. The van der Waals surface area contributed by atoms with Gasteiger partial charge in [-0.25, -0.2) is 4.68 Å². The summed E-state index contributed by atoms with van der Waals surface area (Å²) in [6.45, 7) is 1.70. The molecule has 9 heteroatoms. The highest BCUT2D eigenvalue weighted by Gasteiger charge is 2.21. The number of aromatic amines is 1. The Labute approximate surface area is 157 Å². The van der Waals surface area contributed by atoms with E-state index in [2.05, 4.69) is 15.3 Å². The fraction of sp³-hybridized carbons (Fsp3) is 0.0526. The number of nitrogens with one attached hydrogen (secondary N) is 1. The van der Waals surface area contributed by atoms with E-state index in [1.807, 2.05) is 24.3 Å². The molecule has 0 radical (unpaired) electrons. The zero-order chi connectivity index (χ0) is 19.8. The van der Waals surface area contributed by atoms with Gasteiger partial charge in [-0.2, -0.15) is 5.26 Å². The van der Waals surface area contributed by atoms with Gasteiger partial charge in [0.25, 0.3) is 11.2 Å². The lowest BCUT2D eigenvalue weighted by Gasteiger charge is -2.14. The Kier molecular flexibility index (Phi) is 3.94. The lowest BCUT2D eigenvalue weighted by molar-refractivity contribution is -0.384. The van der Waals surface area contributed by atoms with Gasteiger partial charge in [0.1, 0.15) is 17.1 Å². The summed E-state index contributed by atoms with van der Waals surface area (Å²) in [6, 6.07) is 14.9. The molecule has 0 fully saturated rings. The molecule has 136 valence electrons. The third-order valence-corrected chi connectivity index (χ3v) is 4.41. The SMILES string of the molecule is Cc1[nH]c(=O)c(C#N)c(-c2ccc([N+](=O)[O-])cc2)c1-n1nnc2ccccc21. The molecule has 0 amide bonds. The summed E-state index contributed by atoms with van der Waals surface area (Å²) in [4.78, 5) is 25.5. The molecule has 0 bridgehead atoms. The number of rotatable bonds is 3. The van der Waals surface area contributed by atoms with Crippen molar-refractivity contribution in [2.24, 2.45) is 0 Å². The summed E-state index contributed by atoms with van der Waals surface area (Å²) < 4.78 is 1.55. The number of pyridine rings is 1. The average molecular weight is 372 g/mol. The van der Waals surface area contributed by atoms with E-state index in [9.17, 15) is 20.2 Å². The van der Waals surface area contributed by atoms with E-state index in [1.54, 1.807) is 17.7 Å². The molecule has 2 aromatic heterocycles. The molecular weight excluding hydrogens is 360 g/mol. The Bertz CT molecular complexity index is 1330. The van der Waals surface area contributed by atoms with Gasteiger partial charge >= 0.3 is 0 Å². The van der Waals surface area contributed by atoms with Crippen LogP contribution in [0.2, 0.25) is 0 Å². The number of aryl methyl sites for hydroxylation is 1. The number of hydrogen-bond donors (Lipinski definition) is 1. The van der Waals surface area contributed by atoms with Gasteiger partial charge in [0.05, 0.1) is 16.1 Å². The summed E-state index contributed by atoms with van der Waals surface area (Å²) >= 11 is 0. The molecule has 0 aliphatic carbocycles. The maximum Gasteiger partial charge on any atom is 0.269 e. The number of benzene rings is 2. The fourth-order valence-electron chi connectivity index (χ4n) is 3.15. The van der Waals surface area contributed by atoms with Crippen molar-refractivity contribution in [3.05, 3.63) is 80.3 Å². The highest BCUT2D eigenvalue weighted by Crippen LogP contribution is 2.32. The maximum atomic E-state index is 12.4. The molecule has 0 aliphatic heterocycles. The standard InChI is InChI=1S/C19H12N6O3/c1-11-18(24-16-5-3-2-4-15(16)22-23-24)17(14(10-20)19(26)21-11)12-6-8-13(9-7-12)25(27)28/h2-9H,1H3,(H,21,26). The Hall–Kier alpha value is -4.32. The largest absolute Gasteiger partial charge is 0.323 e. The summed E-state index contributed by atoms with van der Waals surface area (Å²) in [6.07, 6.45) is 0. The van der Waals surface area contributed by atoms with Crippen LogP contribution in [0.15, 0.2) is 53.3 Å². The highest BCUT2D eigenvalue weighted by atomic mass is 16.6. The van der Waals surface area contributed by atoms with Crippen LogP contribution in [0, 0.1) is 28.4 Å². The van der Waals surface area contributed by atoms with Crippen LogP contribution in [0.4, 0.5) is 5.69 Å². The van der Waals surface area contributed by atoms with Gasteiger partial charge in [0.2, 0.25) is 0 Å². The normalized spacial score (nSPS) is 10.7. The van der Waals surface area contributed by atoms with Crippen molar-refractivity contribution in [3.63, 3.8) is 0 Å². The minimum atomic E-state index is -0.540. The van der Waals surface area contributed by atoms with Gasteiger partial charge in [0, 0.05) is 23.4 Å². The number of non-ortho nitro benzene ring substituents is 1. The van der Waals surface area contributed by atoms with Crippen molar-refractivity contribution in [3.8, 4) is 22.9 Å². The quantitative estimate of drug-likeness (QED) is 0.434. The molecule has 1 N–H and O–H groups in total. The van der Waals surface area contributed by atoms with Gasteiger partial charge in [0.15, 0.2) is 0 Å². The van der Waals surface area contributed by atoms with Crippen molar-refractivity contribution in [2.45, 2.75) is 6.92 Å². The van der Waals surface area contributed by atoms with Gasteiger partial charge in [-0.3, -0.25) is 14.9 Å². The molecule has 2 heterocycles. The van der Waals surface area contributed by atoms with Gasteiger partial charge < -0.3 is 4.98 Å². The number of H-pyrrole nitrogens is 1. The lowest BCUT2D eigenvalue weighted by Crippen LogP contribution is -2.17. The Morgan fingerprint density at radius 1 is 1.18 bits per heavy atom. The summed E-state index contributed by atoms with van der Waals surface area (Å²) in [7, 11) is 0. The molecule has 0 atom stereocenters. The van der Waals surface area contributed by atoms with Crippen molar-refractivity contribution >= 4 is 16.7 Å². The second-order valence-electron chi connectivity index (χ2n) is 6.08. The van der Waals surface area contributed by atoms with Crippen LogP contribution in [0.5, 0.6) is 0 Å². The van der Waals surface area contributed by atoms with Gasteiger partial charge in [-0.05, 0) is 36.8 Å². The first kappa shape index (κ1) is 17.1. The predicted octanol–water partition coefficient (Wildman–Crippen LogP) is 2.86. The Balaban J connectivity index is 2.08. The molecular formula is C19H12N6O3. The zero-order valence-corrected chi connectivity index (χ0v) is 14.6. The van der Waals surface area contributed by atoms with Crippen LogP contribution in [0.25, 0.3) is 27.8 Å². The van der Waals surface area contributed by atoms with Gasteiger partial charge in [-0.1, -0.05) is 17.3 Å². The van der Waals surface area contributed by atoms with Crippen LogP contribution in [-0.4, -0.2) is 24.9 Å². The van der Waals surface area contributed by atoms with Crippen molar-refractivity contribution < 1.29 is 4.92 Å². The van der Waals surface area contributed by atoms with E-state index >= 15 is 0 Å². The minimum absolute atomic E-state index is 0.0865. The molecule has 0 saturated heterocycles. The van der Waals surface area contributed by atoms with E-state index < -0.39 is 10.5 Å². The first-order valence-electron chi connectivity index (χ1n) is 8.24. The van der Waals surface area contributed by atoms with Crippen molar-refractivity contribution in [1.82, 2.24) is 20.0 Å². The molecule has 28 heavy (non-hydrogen) atoms. The molecule has 0 unspecified atom stereocenters. The van der Waals surface area contributed by atoms with Gasteiger partial charge in [-0.15, -0.1) is 5.10 Å². The molecule has 0 spiro atoms. The number of para-hydroxylation sites is 1. The number of nitrogens with zero attached hydrogens (tertiary/aromatic N) is 5. The van der Waals surface area contributed by atoms with Crippen LogP contribution in [0.3, 0.4) is 0 Å². The van der Waals surface area contributed by atoms with E-state index in [4.69, 9.17) is 0 Å². The second-order valence-corrected chi connectivity index (χ2v) is 6.08. The number of fused-ring (bicyclic) bond motifs is 1. The topological polar surface area (TPSA) is 130 Å². The number of nitro benzene ring substituents is 1. The van der Waals surface area contributed by atoms with Crippen molar-refractivity contribution in [2.75, 3.05) is 0 Å². The summed E-state index contributed by atoms with van der Waals surface area (Å²) in [5.74, 6) is 0. The molecule has 0 saturated carbocycles. The van der Waals surface area contributed by atoms with Crippen LogP contribution < -0.4 is 5.56 Å². The Morgan fingerprint density at radius 2 is 1.89 bits per heavy atom. The average Bonchev–Trinajstić information content (AvgIpc) is 3.11. The fourth-order valence-corrected chi connectivity index (χ4v) is 3.15. The summed E-state index contributed by atoms with van der Waals surface area (Å²) in [5, 5.41) is 28.9. The zero-order valence-electron chi connectivity index (χ0n) is 14.6. The molecule has 2 aromatic carbocycles. The second kappa shape index (κ2) is 6.44. The van der Waals surface area contributed by atoms with Crippen LogP contribution >= 0.6 is 0 Å². The highest BCUT2D eigenvalue weighted by molar-refractivity contribution is 5.84. The molecule has 9 nitrogen and oxygen atoms in total. The van der Waals surface area contributed by atoms with E-state index in [0.29, 0.717) is 33.5 Å².